The first-order valence-corrected chi connectivity index (χ1v) is 20.1. The molecule has 0 bridgehead atoms. The highest BCUT2D eigenvalue weighted by atomic mass is 32.1. The van der Waals surface area contributed by atoms with Gasteiger partial charge >= 0.3 is 0 Å². The molecule has 0 saturated heterocycles. The third-order valence-electron chi connectivity index (χ3n) is 11.3. The van der Waals surface area contributed by atoms with Gasteiger partial charge in [-0.2, -0.15) is 0 Å². The average molecular weight is 750 g/mol. The Balaban J connectivity index is 1.18. The molecule has 0 saturated carbocycles. The maximum Gasteiger partial charge on any atom is 0.205 e. The van der Waals surface area contributed by atoms with Gasteiger partial charge in [-0.3, -0.25) is 4.90 Å². The second kappa shape index (κ2) is 13.6. The molecule has 0 radical (unpaired) electrons. The predicted octanol–water partition coefficient (Wildman–Crippen LogP) is 14.8. The van der Waals surface area contributed by atoms with Crippen LogP contribution in [0.4, 0.5) is 16.4 Å². The number of fused-ring (bicyclic) bond motifs is 5. The summed E-state index contributed by atoms with van der Waals surface area (Å²) in [5.74, 6) is 2.82. The van der Waals surface area contributed by atoms with Gasteiger partial charge in [0.25, 0.3) is 0 Å². The van der Waals surface area contributed by atoms with Gasteiger partial charge in [-0.1, -0.05) is 176 Å². The largest absolute Gasteiger partial charge is 0.448 e. The highest BCUT2D eigenvalue weighted by Gasteiger charge is 2.46. The van der Waals surface area contributed by atoms with Gasteiger partial charge in [0.15, 0.2) is 17.2 Å². The van der Waals surface area contributed by atoms with Crippen molar-refractivity contribution in [2.24, 2.45) is 0 Å². The van der Waals surface area contributed by atoms with Gasteiger partial charge in [0, 0.05) is 11.4 Å². The predicted molar refractivity (Wildman–Crippen MR) is 234 cm³/mol. The molecular weight excluding hydrogens is 715 g/mol. The van der Waals surface area contributed by atoms with E-state index in [2.05, 4.69) is 187 Å². The Labute approximate surface area is 336 Å². The molecule has 8 aromatic carbocycles. The quantitative estimate of drug-likeness (QED) is 0.162. The van der Waals surface area contributed by atoms with E-state index in [1.807, 2.05) is 30.3 Å². The van der Waals surface area contributed by atoms with Crippen LogP contribution in [0.25, 0.3) is 32.7 Å². The topological polar surface area (TPSA) is 21.7 Å². The zero-order valence-corrected chi connectivity index (χ0v) is 31.7. The Morgan fingerprint density at radius 1 is 0.386 bits per heavy atom. The van der Waals surface area contributed by atoms with Gasteiger partial charge in [-0.15, -0.1) is 11.3 Å². The molecule has 0 N–H and O–H groups in total. The van der Waals surface area contributed by atoms with E-state index in [1.165, 1.54) is 38.9 Å². The number of hydrogen-bond donors (Lipinski definition) is 0. The highest BCUT2D eigenvalue weighted by molar-refractivity contribution is 7.20. The van der Waals surface area contributed by atoms with Gasteiger partial charge in [0.2, 0.25) is 5.75 Å². The van der Waals surface area contributed by atoms with E-state index in [0.29, 0.717) is 17.2 Å². The molecule has 270 valence electrons. The number of benzene rings is 8. The molecule has 2 aliphatic rings. The number of anilines is 3. The zero-order chi connectivity index (χ0) is 37.8. The van der Waals surface area contributed by atoms with Crippen molar-refractivity contribution in [1.29, 1.82) is 0 Å². The Morgan fingerprint density at radius 2 is 0.877 bits per heavy atom. The van der Waals surface area contributed by atoms with Crippen molar-refractivity contribution in [1.82, 2.24) is 0 Å². The van der Waals surface area contributed by atoms with Crippen LogP contribution in [0.5, 0.6) is 23.0 Å². The van der Waals surface area contributed by atoms with Crippen molar-refractivity contribution in [2.45, 2.75) is 5.41 Å². The van der Waals surface area contributed by atoms with Crippen LogP contribution < -0.4 is 14.4 Å². The van der Waals surface area contributed by atoms with Crippen molar-refractivity contribution in [3.63, 3.8) is 0 Å². The van der Waals surface area contributed by atoms with Gasteiger partial charge in [0.05, 0.1) is 10.3 Å². The van der Waals surface area contributed by atoms with Gasteiger partial charge < -0.3 is 9.47 Å². The van der Waals surface area contributed by atoms with Crippen molar-refractivity contribution in [3.05, 3.63) is 235 Å². The number of hydrogen-bond acceptors (Lipinski definition) is 4. The van der Waals surface area contributed by atoms with E-state index in [9.17, 15) is 0 Å². The number of thiophene rings is 1. The monoisotopic (exact) mass is 749 g/mol. The Kier molecular flexibility index (Phi) is 7.90. The maximum atomic E-state index is 6.89. The summed E-state index contributed by atoms with van der Waals surface area (Å²) in [5, 5.41) is 0.936. The Morgan fingerprint density at radius 3 is 1.53 bits per heavy atom. The normalized spacial score (nSPS) is 13.0. The van der Waals surface area contributed by atoms with E-state index in [4.69, 9.17) is 9.47 Å². The second-order valence-corrected chi connectivity index (χ2v) is 15.4. The summed E-state index contributed by atoms with van der Waals surface area (Å²) < 4.78 is 13.7. The lowest BCUT2D eigenvalue weighted by molar-refractivity contribution is 0.364. The van der Waals surface area contributed by atoms with Crippen molar-refractivity contribution >= 4 is 27.7 Å². The van der Waals surface area contributed by atoms with Gasteiger partial charge in [0.1, 0.15) is 5.00 Å². The minimum atomic E-state index is -0.546. The molecule has 3 nitrogen and oxygen atoms in total. The molecule has 57 heavy (non-hydrogen) atoms. The van der Waals surface area contributed by atoms with E-state index in [0.717, 1.165) is 38.1 Å². The van der Waals surface area contributed by atoms with Crippen LogP contribution in [0.1, 0.15) is 22.3 Å². The van der Waals surface area contributed by atoms with Crippen molar-refractivity contribution < 1.29 is 9.47 Å². The summed E-state index contributed by atoms with van der Waals surface area (Å²) in [5.41, 5.74) is 12.3. The van der Waals surface area contributed by atoms with Crippen LogP contribution in [-0.2, 0) is 5.41 Å². The first kappa shape index (κ1) is 33.2. The first-order valence-electron chi connectivity index (χ1n) is 19.3. The molecule has 1 aromatic heterocycles. The van der Waals surface area contributed by atoms with Crippen LogP contribution in [0.3, 0.4) is 0 Å². The minimum Gasteiger partial charge on any atom is -0.448 e. The number of rotatable bonds is 7. The fourth-order valence-corrected chi connectivity index (χ4v) is 9.93. The fourth-order valence-electron chi connectivity index (χ4n) is 8.73. The van der Waals surface area contributed by atoms with Crippen molar-refractivity contribution in [2.75, 3.05) is 4.90 Å². The third-order valence-corrected chi connectivity index (χ3v) is 12.4. The smallest absolute Gasteiger partial charge is 0.205 e. The summed E-state index contributed by atoms with van der Waals surface area (Å²) in [4.78, 5) is 3.36. The van der Waals surface area contributed by atoms with Crippen LogP contribution in [0.2, 0.25) is 0 Å². The lowest BCUT2D eigenvalue weighted by Gasteiger charge is -2.34. The molecule has 9 aromatic rings. The minimum absolute atomic E-state index is 0.546. The molecule has 1 aliphatic heterocycles. The van der Waals surface area contributed by atoms with E-state index < -0.39 is 5.41 Å². The first-order chi connectivity index (χ1) is 28.3. The molecule has 11 rings (SSSR count). The van der Waals surface area contributed by atoms with Gasteiger partial charge in [-0.05, 0) is 86.5 Å². The molecule has 0 atom stereocenters. The lowest BCUT2D eigenvalue weighted by atomic mass is 9.67. The number of ether oxygens (including phenoxy) is 2. The molecule has 1 aliphatic carbocycles. The van der Waals surface area contributed by atoms with Crippen LogP contribution in [-0.4, -0.2) is 0 Å². The van der Waals surface area contributed by atoms with E-state index in [-0.39, 0.29) is 0 Å². The third kappa shape index (κ3) is 5.33. The van der Waals surface area contributed by atoms with Crippen LogP contribution in [0.15, 0.2) is 212 Å². The number of nitrogens with zero attached hydrogens (tertiary/aromatic N) is 1. The summed E-state index contributed by atoms with van der Waals surface area (Å²) in [7, 11) is 0. The van der Waals surface area contributed by atoms with Crippen molar-refractivity contribution in [3.8, 4) is 55.7 Å². The maximum absolute atomic E-state index is 6.89. The Bertz CT molecular complexity index is 2850. The number of para-hydroxylation sites is 2. The zero-order valence-electron chi connectivity index (χ0n) is 30.9. The fraction of sp³-hybridized carbons (Fsp3) is 0.0189. The summed E-state index contributed by atoms with van der Waals surface area (Å²) in [6, 6.07) is 75.6. The second-order valence-electron chi connectivity index (χ2n) is 14.4. The Hall–Kier alpha value is -7.14. The molecule has 2 heterocycles. The SMILES string of the molecule is c1ccc(-c2ccc(N(c3ccc4c(c3)C(c3ccccc3)(c3ccccc3)c3ccccc3-4)c3sc(-c4ccccc4)c4c3Oc3ccccc3O4)cc2)cc1. The van der Waals surface area contributed by atoms with Crippen LogP contribution in [0, 0.1) is 0 Å². The van der Waals surface area contributed by atoms with E-state index in [1.54, 1.807) is 11.3 Å². The van der Waals surface area contributed by atoms with Gasteiger partial charge in [-0.25, -0.2) is 0 Å². The van der Waals surface area contributed by atoms with Crippen LogP contribution >= 0.6 is 11.3 Å². The molecule has 0 spiro atoms. The summed E-state index contributed by atoms with van der Waals surface area (Å²) >= 11 is 1.69. The standard InChI is InChI=1S/C53H35NO2S/c1-5-17-36(18-6-1)37-29-31-41(32-30-37)54(52-50-49(51(57-52)38-19-7-2-8-20-38)55-47-27-15-16-28-48(47)56-50)42-33-34-44-43-25-13-14-26-45(43)53(46(44)35-42,39-21-9-3-10-22-39)40-23-11-4-12-24-40/h1-35H. The molecular formula is C53H35NO2S. The van der Waals surface area contributed by atoms with E-state index >= 15 is 0 Å². The highest BCUT2D eigenvalue weighted by Crippen LogP contribution is 2.62. The molecule has 0 fully saturated rings. The molecule has 4 heteroatoms. The summed E-state index contributed by atoms with van der Waals surface area (Å²) in [6.07, 6.45) is 0. The average Bonchev–Trinajstić information content (AvgIpc) is 3.80. The summed E-state index contributed by atoms with van der Waals surface area (Å²) in [6.45, 7) is 0. The molecule has 0 unspecified atom stereocenters. The molecule has 0 amide bonds. The lowest BCUT2D eigenvalue weighted by Crippen LogP contribution is -2.28.